The number of aliphatic hydroxyl groups is 1. The molecule has 3 nitrogen and oxygen atoms in total. The van der Waals surface area contributed by atoms with Crippen molar-refractivity contribution in [2.24, 2.45) is 5.73 Å². The molecule has 0 aromatic heterocycles. The minimum atomic E-state index is -0.0184. The van der Waals surface area contributed by atoms with Gasteiger partial charge in [-0.25, -0.2) is 0 Å². The quantitative estimate of drug-likeness (QED) is 0.747. The van der Waals surface area contributed by atoms with Gasteiger partial charge in [0.1, 0.15) is 5.75 Å². The van der Waals surface area contributed by atoms with E-state index in [0.29, 0.717) is 0 Å². The van der Waals surface area contributed by atoms with E-state index in [9.17, 15) is 0 Å². The Labute approximate surface area is 104 Å². The van der Waals surface area contributed by atoms with Crippen molar-refractivity contribution in [2.45, 2.75) is 39.2 Å². The summed E-state index contributed by atoms with van der Waals surface area (Å²) in [7, 11) is 1.68. The third kappa shape index (κ3) is 3.72. The summed E-state index contributed by atoms with van der Waals surface area (Å²) in [5.41, 5.74) is 9.59. The molecule has 0 bridgehead atoms. The monoisotopic (exact) mass is 237 g/mol. The zero-order valence-electron chi connectivity index (χ0n) is 11.0. The second kappa shape index (κ2) is 6.62. The van der Waals surface area contributed by atoms with Gasteiger partial charge in [-0.15, -0.1) is 0 Å². The van der Waals surface area contributed by atoms with Gasteiger partial charge in [0, 0.05) is 18.2 Å². The molecule has 1 aromatic carbocycles. The number of nitrogens with two attached hydrogens (primary N) is 1. The second-order valence-corrected chi connectivity index (χ2v) is 4.53. The van der Waals surface area contributed by atoms with Gasteiger partial charge < -0.3 is 15.6 Å². The van der Waals surface area contributed by atoms with Crippen LogP contribution in [0.15, 0.2) is 12.1 Å². The minimum Gasteiger partial charge on any atom is -0.496 e. The Balaban J connectivity index is 2.87. The van der Waals surface area contributed by atoms with Crippen molar-refractivity contribution < 1.29 is 9.84 Å². The SMILES string of the molecule is COc1c(C)cc(C)cc1C(N)CCCCO. The van der Waals surface area contributed by atoms with Crippen LogP contribution >= 0.6 is 0 Å². The molecule has 0 aliphatic heterocycles. The molecule has 17 heavy (non-hydrogen) atoms. The topological polar surface area (TPSA) is 55.5 Å². The fourth-order valence-corrected chi connectivity index (χ4v) is 2.17. The fourth-order valence-electron chi connectivity index (χ4n) is 2.17. The number of hydrogen-bond donors (Lipinski definition) is 2. The van der Waals surface area contributed by atoms with E-state index in [2.05, 4.69) is 19.1 Å². The van der Waals surface area contributed by atoms with Crippen molar-refractivity contribution in [3.05, 3.63) is 28.8 Å². The molecule has 0 amide bonds. The largest absolute Gasteiger partial charge is 0.496 e. The third-order valence-electron chi connectivity index (χ3n) is 2.97. The lowest BCUT2D eigenvalue weighted by Crippen LogP contribution is -2.12. The standard InChI is InChI=1S/C14H23NO2/c1-10-8-11(2)14(17-3)12(9-10)13(15)6-4-5-7-16/h8-9,13,16H,4-7,15H2,1-3H3. The Morgan fingerprint density at radius 1 is 1.29 bits per heavy atom. The van der Waals surface area contributed by atoms with Gasteiger partial charge in [0.05, 0.1) is 7.11 Å². The number of aryl methyl sites for hydroxylation is 2. The molecule has 1 aromatic rings. The van der Waals surface area contributed by atoms with Gasteiger partial charge in [0.25, 0.3) is 0 Å². The lowest BCUT2D eigenvalue weighted by molar-refractivity contribution is 0.281. The Bertz CT molecular complexity index is 363. The van der Waals surface area contributed by atoms with Crippen LogP contribution in [-0.4, -0.2) is 18.8 Å². The van der Waals surface area contributed by atoms with Crippen LogP contribution in [0.5, 0.6) is 5.75 Å². The van der Waals surface area contributed by atoms with E-state index in [1.54, 1.807) is 7.11 Å². The Morgan fingerprint density at radius 3 is 2.59 bits per heavy atom. The van der Waals surface area contributed by atoms with E-state index in [-0.39, 0.29) is 12.6 Å². The molecule has 0 spiro atoms. The van der Waals surface area contributed by atoms with Crippen LogP contribution < -0.4 is 10.5 Å². The molecule has 3 N–H and O–H groups in total. The summed E-state index contributed by atoms with van der Waals surface area (Å²) >= 11 is 0. The molecule has 1 atom stereocenters. The number of ether oxygens (including phenoxy) is 1. The number of benzene rings is 1. The maximum atomic E-state index is 8.77. The molecule has 0 saturated heterocycles. The summed E-state index contributed by atoms with van der Waals surface area (Å²) in [6, 6.07) is 4.17. The van der Waals surface area contributed by atoms with Gasteiger partial charge in [0.2, 0.25) is 0 Å². The molecule has 0 aliphatic carbocycles. The van der Waals surface area contributed by atoms with Crippen molar-refractivity contribution in [3.8, 4) is 5.75 Å². The highest BCUT2D eigenvalue weighted by Gasteiger charge is 2.14. The van der Waals surface area contributed by atoms with E-state index in [1.165, 1.54) is 5.56 Å². The smallest absolute Gasteiger partial charge is 0.126 e. The summed E-state index contributed by atoms with van der Waals surface area (Å²) < 4.78 is 5.43. The molecular formula is C14H23NO2. The molecule has 0 saturated carbocycles. The molecule has 0 aliphatic rings. The first-order chi connectivity index (χ1) is 8.10. The first-order valence-corrected chi connectivity index (χ1v) is 6.11. The highest BCUT2D eigenvalue weighted by atomic mass is 16.5. The number of aliphatic hydroxyl groups excluding tert-OH is 1. The van der Waals surface area contributed by atoms with Crippen LogP contribution in [0, 0.1) is 13.8 Å². The van der Waals surface area contributed by atoms with Crippen molar-refractivity contribution in [3.63, 3.8) is 0 Å². The van der Waals surface area contributed by atoms with Crippen LogP contribution in [-0.2, 0) is 0 Å². The van der Waals surface area contributed by atoms with E-state index < -0.39 is 0 Å². The number of rotatable bonds is 6. The van der Waals surface area contributed by atoms with Gasteiger partial charge in [-0.05, 0) is 38.7 Å². The van der Waals surface area contributed by atoms with Crippen molar-refractivity contribution >= 4 is 0 Å². The Morgan fingerprint density at radius 2 is 2.00 bits per heavy atom. The Hall–Kier alpha value is -1.06. The van der Waals surface area contributed by atoms with E-state index >= 15 is 0 Å². The van der Waals surface area contributed by atoms with Gasteiger partial charge in [-0.2, -0.15) is 0 Å². The van der Waals surface area contributed by atoms with E-state index in [4.69, 9.17) is 15.6 Å². The minimum absolute atomic E-state index is 0.0184. The summed E-state index contributed by atoms with van der Waals surface area (Å²) in [4.78, 5) is 0. The normalized spacial score (nSPS) is 12.5. The van der Waals surface area contributed by atoms with E-state index in [0.717, 1.165) is 36.1 Å². The molecular weight excluding hydrogens is 214 g/mol. The predicted molar refractivity (Wildman–Crippen MR) is 70.3 cm³/mol. The van der Waals surface area contributed by atoms with Crippen molar-refractivity contribution in [2.75, 3.05) is 13.7 Å². The van der Waals surface area contributed by atoms with Crippen molar-refractivity contribution in [1.29, 1.82) is 0 Å². The number of unbranched alkanes of at least 4 members (excludes halogenated alkanes) is 1. The maximum Gasteiger partial charge on any atom is 0.126 e. The van der Waals surface area contributed by atoms with Gasteiger partial charge >= 0.3 is 0 Å². The Kier molecular flexibility index (Phi) is 5.45. The second-order valence-electron chi connectivity index (χ2n) is 4.53. The molecule has 1 rings (SSSR count). The average molecular weight is 237 g/mol. The maximum absolute atomic E-state index is 8.77. The van der Waals surface area contributed by atoms with Gasteiger partial charge in [-0.3, -0.25) is 0 Å². The van der Waals surface area contributed by atoms with Gasteiger partial charge in [0.15, 0.2) is 0 Å². The molecule has 0 heterocycles. The molecule has 96 valence electrons. The third-order valence-corrected chi connectivity index (χ3v) is 2.97. The lowest BCUT2D eigenvalue weighted by Gasteiger charge is -2.18. The van der Waals surface area contributed by atoms with E-state index in [1.807, 2.05) is 6.92 Å². The summed E-state index contributed by atoms with van der Waals surface area (Å²) in [6.07, 6.45) is 2.62. The summed E-state index contributed by atoms with van der Waals surface area (Å²) in [6.45, 7) is 4.34. The fraction of sp³-hybridized carbons (Fsp3) is 0.571. The highest BCUT2D eigenvalue weighted by molar-refractivity contribution is 5.45. The van der Waals surface area contributed by atoms with Crippen LogP contribution in [0.4, 0.5) is 0 Å². The number of hydrogen-bond acceptors (Lipinski definition) is 3. The molecule has 3 heteroatoms. The van der Waals surface area contributed by atoms with Crippen LogP contribution in [0.2, 0.25) is 0 Å². The highest BCUT2D eigenvalue weighted by Crippen LogP contribution is 2.31. The lowest BCUT2D eigenvalue weighted by atomic mass is 9.96. The summed E-state index contributed by atoms with van der Waals surface area (Å²) in [5, 5.41) is 8.77. The first kappa shape index (κ1) is 14.0. The molecule has 0 fully saturated rings. The molecule has 1 unspecified atom stereocenters. The van der Waals surface area contributed by atoms with Crippen LogP contribution in [0.3, 0.4) is 0 Å². The van der Waals surface area contributed by atoms with Gasteiger partial charge in [-0.1, -0.05) is 17.7 Å². The first-order valence-electron chi connectivity index (χ1n) is 6.11. The average Bonchev–Trinajstić information content (AvgIpc) is 2.28. The molecule has 0 radical (unpaired) electrons. The number of methoxy groups -OCH3 is 1. The van der Waals surface area contributed by atoms with Crippen LogP contribution in [0.1, 0.15) is 42.0 Å². The van der Waals surface area contributed by atoms with Crippen molar-refractivity contribution in [1.82, 2.24) is 0 Å². The van der Waals surface area contributed by atoms with Crippen LogP contribution in [0.25, 0.3) is 0 Å². The predicted octanol–water partition coefficient (Wildman–Crippen LogP) is 2.47. The summed E-state index contributed by atoms with van der Waals surface area (Å²) in [5.74, 6) is 0.895. The zero-order chi connectivity index (χ0) is 12.8. The zero-order valence-corrected chi connectivity index (χ0v) is 11.0.